The predicted octanol–water partition coefficient (Wildman–Crippen LogP) is 1.86. The van der Waals surface area contributed by atoms with E-state index in [1.807, 2.05) is 32.6 Å². The molecule has 2 heterocycles. The number of likely N-dealkylation sites (tertiary alicyclic amines) is 2. The van der Waals surface area contributed by atoms with Crippen LogP contribution in [-0.2, 0) is 28.8 Å². The van der Waals surface area contributed by atoms with E-state index in [0.29, 0.717) is 37.8 Å². The summed E-state index contributed by atoms with van der Waals surface area (Å²) >= 11 is 0. The summed E-state index contributed by atoms with van der Waals surface area (Å²) in [7, 11) is 0. The zero-order valence-corrected chi connectivity index (χ0v) is 20.7. The summed E-state index contributed by atoms with van der Waals surface area (Å²) in [6.45, 7) is 13.3. The van der Waals surface area contributed by atoms with E-state index in [9.17, 15) is 19.2 Å². The van der Waals surface area contributed by atoms with Gasteiger partial charge in [-0.1, -0.05) is 33.8 Å². The van der Waals surface area contributed by atoms with Gasteiger partial charge in [-0.05, 0) is 25.7 Å². The van der Waals surface area contributed by atoms with Gasteiger partial charge in [0.05, 0.1) is 0 Å². The lowest BCUT2D eigenvalue weighted by atomic mass is 10.2. The third-order valence-corrected chi connectivity index (χ3v) is 5.78. The molecule has 0 spiro atoms. The molecule has 9 heteroatoms. The van der Waals surface area contributed by atoms with E-state index in [1.165, 1.54) is 12.2 Å². The standard InChI is InChI=1S/C24H39N3O6/c1-15(2)12-26-17(5)10-20(23(26)30)32-14-19(28)8-7-9-22(29)25-33-21-11-18(6)27(24(21)31)13-16(3)4/h7,9,15-18,20-21H,8,10-14H2,1-6H3,(H,25,29)/b9-7+/t17?,18?,20-,21-/m1/s1. The SMILES string of the molecule is CC(C)CN1C(=O)[C@H](OCC(=O)C/C=C/C(=O)NO[C@@H]2CC(C)N(CC(C)C)C2=O)CC1C. The van der Waals surface area contributed by atoms with Gasteiger partial charge in [0.25, 0.3) is 17.7 Å². The Labute approximate surface area is 196 Å². The van der Waals surface area contributed by atoms with Crippen molar-refractivity contribution in [2.24, 2.45) is 11.8 Å². The van der Waals surface area contributed by atoms with Crippen LogP contribution in [0.25, 0.3) is 0 Å². The number of hydroxylamine groups is 1. The zero-order chi connectivity index (χ0) is 24.7. The molecule has 2 unspecified atom stereocenters. The topological polar surface area (TPSA) is 105 Å². The molecule has 4 atom stereocenters. The smallest absolute Gasteiger partial charge is 0.267 e. The van der Waals surface area contributed by atoms with Crippen molar-refractivity contribution in [2.45, 2.75) is 85.1 Å². The summed E-state index contributed by atoms with van der Waals surface area (Å²) in [6.07, 6.45) is 2.40. The number of nitrogens with zero attached hydrogens (tertiary/aromatic N) is 2. The van der Waals surface area contributed by atoms with Gasteiger partial charge in [-0.25, -0.2) is 5.48 Å². The molecule has 0 radical (unpaired) electrons. The number of Topliss-reactive ketones (excluding diaryl/α,β-unsaturated/α-hetero) is 1. The van der Waals surface area contributed by atoms with Gasteiger partial charge in [-0.15, -0.1) is 0 Å². The first kappa shape index (κ1) is 27.0. The molecule has 1 N–H and O–H groups in total. The number of carbonyl (C=O) groups excluding carboxylic acids is 4. The molecule has 2 aliphatic rings. The molecule has 0 bridgehead atoms. The molecule has 2 fully saturated rings. The van der Waals surface area contributed by atoms with Gasteiger partial charge >= 0.3 is 0 Å². The van der Waals surface area contributed by atoms with E-state index in [-0.39, 0.29) is 42.7 Å². The molecule has 0 aliphatic carbocycles. The lowest BCUT2D eigenvalue weighted by Gasteiger charge is -2.23. The van der Waals surface area contributed by atoms with Gasteiger partial charge in [-0.3, -0.25) is 24.0 Å². The van der Waals surface area contributed by atoms with Crippen LogP contribution in [0.3, 0.4) is 0 Å². The second kappa shape index (κ2) is 12.3. The first-order chi connectivity index (χ1) is 15.5. The minimum absolute atomic E-state index is 0.00114. The van der Waals surface area contributed by atoms with E-state index >= 15 is 0 Å². The summed E-state index contributed by atoms with van der Waals surface area (Å²) < 4.78 is 5.55. The molecule has 186 valence electrons. The van der Waals surface area contributed by atoms with E-state index in [1.54, 1.807) is 4.90 Å². The Morgan fingerprint density at radius 3 is 2.03 bits per heavy atom. The average molecular weight is 466 g/mol. The van der Waals surface area contributed by atoms with Crippen molar-refractivity contribution in [3.63, 3.8) is 0 Å². The van der Waals surface area contributed by atoms with Gasteiger partial charge in [0.1, 0.15) is 12.7 Å². The summed E-state index contributed by atoms with van der Waals surface area (Å²) in [5, 5.41) is 0. The maximum Gasteiger partial charge on any atom is 0.267 e. The number of nitrogens with one attached hydrogen (secondary N) is 1. The van der Waals surface area contributed by atoms with Crippen molar-refractivity contribution in [1.29, 1.82) is 0 Å². The number of carbonyl (C=O) groups is 4. The van der Waals surface area contributed by atoms with Crippen LogP contribution in [0.1, 0.15) is 60.8 Å². The van der Waals surface area contributed by atoms with E-state index in [0.717, 1.165) is 0 Å². The van der Waals surface area contributed by atoms with Gasteiger partial charge in [0, 0.05) is 50.5 Å². The molecule has 9 nitrogen and oxygen atoms in total. The fourth-order valence-electron chi connectivity index (χ4n) is 4.16. The second-order valence-corrected chi connectivity index (χ2v) is 9.96. The summed E-state index contributed by atoms with van der Waals surface area (Å²) in [5.41, 5.74) is 2.26. The number of ketones is 1. The predicted molar refractivity (Wildman–Crippen MR) is 123 cm³/mol. The lowest BCUT2D eigenvalue weighted by Crippen LogP contribution is -2.38. The lowest BCUT2D eigenvalue weighted by molar-refractivity contribution is -0.147. The Morgan fingerprint density at radius 1 is 0.970 bits per heavy atom. The second-order valence-electron chi connectivity index (χ2n) is 9.96. The largest absolute Gasteiger partial charge is 0.361 e. The van der Waals surface area contributed by atoms with Crippen LogP contribution in [0, 0.1) is 11.8 Å². The molecule has 0 saturated carbocycles. The number of hydrogen-bond donors (Lipinski definition) is 1. The summed E-state index contributed by atoms with van der Waals surface area (Å²) in [4.78, 5) is 57.8. The van der Waals surface area contributed by atoms with Crippen LogP contribution in [0.15, 0.2) is 12.2 Å². The van der Waals surface area contributed by atoms with Gasteiger partial charge < -0.3 is 14.5 Å². The maximum absolute atomic E-state index is 12.4. The highest BCUT2D eigenvalue weighted by atomic mass is 16.7. The molecule has 0 aromatic carbocycles. The normalized spacial score (nSPS) is 25.8. The highest BCUT2D eigenvalue weighted by Gasteiger charge is 2.39. The molecule has 2 saturated heterocycles. The minimum Gasteiger partial charge on any atom is -0.361 e. The van der Waals surface area contributed by atoms with Crippen LogP contribution < -0.4 is 5.48 Å². The Balaban J connectivity index is 1.68. The van der Waals surface area contributed by atoms with E-state index in [2.05, 4.69) is 19.3 Å². The van der Waals surface area contributed by atoms with Crippen LogP contribution >= 0.6 is 0 Å². The third-order valence-electron chi connectivity index (χ3n) is 5.78. The van der Waals surface area contributed by atoms with Gasteiger partial charge in [0.2, 0.25) is 0 Å². The van der Waals surface area contributed by atoms with Gasteiger partial charge in [0.15, 0.2) is 11.9 Å². The van der Waals surface area contributed by atoms with E-state index in [4.69, 9.17) is 9.57 Å². The van der Waals surface area contributed by atoms with Crippen molar-refractivity contribution < 1.29 is 28.8 Å². The van der Waals surface area contributed by atoms with Crippen molar-refractivity contribution in [3.05, 3.63) is 12.2 Å². The van der Waals surface area contributed by atoms with Crippen molar-refractivity contribution >= 4 is 23.5 Å². The molecular formula is C24H39N3O6. The van der Waals surface area contributed by atoms with Crippen molar-refractivity contribution in [1.82, 2.24) is 15.3 Å². The summed E-state index contributed by atoms with van der Waals surface area (Å²) in [5.74, 6) is -0.258. The Morgan fingerprint density at radius 2 is 1.48 bits per heavy atom. The number of rotatable bonds is 12. The first-order valence-corrected chi connectivity index (χ1v) is 11.9. The summed E-state index contributed by atoms with van der Waals surface area (Å²) in [6, 6.07) is 0.151. The zero-order valence-electron chi connectivity index (χ0n) is 20.7. The molecular weight excluding hydrogens is 426 g/mol. The molecule has 3 amide bonds. The quantitative estimate of drug-likeness (QED) is 0.348. The monoisotopic (exact) mass is 465 g/mol. The Bertz CT molecular complexity index is 750. The van der Waals surface area contributed by atoms with E-state index < -0.39 is 18.1 Å². The third kappa shape index (κ3) is 7.92. The number of ether oxygens (including phenoxy) is 1. The fourth-order valence-corrected chi connectivity index (χ4v) is 4.16. The molecule has 2 aliphatic heterocycles. The molecule has 0 aromatic rings. The fraction of sp³-hybridized carbons (Fsp3) is 0.750. The van der Waals surface area contributed by atoms with Crippen LogP contribution in [0.2, 0.25) is 0 Å². The number of amides is 3. The number of allylic oxidation sites excluding steroid dienone is 1. The Hall–Kier alpha value is -2.26. The van der Waals surface area contributed by atoms with Crippen LogP contribution in [-0.4, -0.2) is 77.3 Å². The Kier molecular flexibility index (Phi) is 10.0. The minimum atomic E-state index is -0.701. The maximum atomic E-state index is 12.4. The van der Waals surface area contributed by atoms with Crippen LogP contribution in [0.4, 0.5) is 0 Å². The first-order valence-electron chi connectivity index (χ1n) is 11.9. The molecule has 2 rings (SSSR count). The highest BCUT2D eigenvalue weighted by Crippen LogP contribution is 2.23. The number of hydrogen-bond acceptors (Lipinski definition) is 6. The molecule has 33 heavy (non-hydrogen) atoms. The average Bonchev–Trinajstić information content (AvgIpc) is 3.14. The van der Waals surface area contributed by atoms with Crippen molar-refractivity contribution in [2.75, 3.05) is 19.7 Å². The molecule has 0 aromatic heterocycles. The van der Waals surface area contributed by atoms with Gasteiger partial charge in [-0.2, -0.15) is 0 Å². The highest BCUT2D eigenvalue weighted by molar-refractivity contribution is 5.89. The van der Waals surface area contributed by atoms with Crippen LogP contribution in [0.5, 0.6) is 0 Å². The van der Waals surface area contributed by atoms with Crippen molar-refractivity contribution in [3.8, 4) is 0 Å².